The number of nitrogens with one attached hydrogen (secondary N) is 2. The van der Waals surface area contributed by atoms with Crippen LogP contribution >= 0.6 is 0 Å². The van der Waals surface area contributed by atoms with E-state index in [-0.39, 0.29) is 67.6 Å². The van der Waals surface area contributed by atoms with Crippen LogP contribution in [0.1, 0.15) is 86.2 Å². The van der Waals surface area contributed by atoms with Crippen LogP contribution in [0.5, 0.6) is 11.5 Å². The number of carbonyl (C=O) groups is 5. The maximum Gasteiger partial charge on any atom is 0.409 e. The number of rotatable bonds is 18. The molecule has 6 aromatic rings. The lowest BCUT2D eigenvalue weighted by Gasteiger charge is -2.30. The van der Waals surface area contributed by atoms with E-state index in [2.05, 4.69) is 32.7 Å². The van der Waals surface area contributed by atoms with Crippen molar-refractivity contribution in [3.63, 3.8) is 0 Å². The number of aromatic nitrogens is 8. The quantitative estimate of drug-likeness (QED) is 0.0602. The summed E-state index contributed by atoms with van der Waals surface area (Å²) in [7, 11) is 1.45. The highest BCUT2D eigenvalue weighted by Gasteiger charge is 2.25. The van der Waals surface area contributed by atoms with E-state index in [4.69, 9.17) is 40.8 Å². The smallest absolute Gasteiger partial charge is 0.409 e. The molecular formula is C47H55N13O9. The molecule has 1 aliphatic rings. The molecule has 22 nitrogen and oxygen atoms in total. The number of ether oxygens (including phenoxy) is 3. The first-order chi connectivity index (χ1) is 33.2. The number of hydrogen-bond donors (Lipinski definition) is 5. The van der Waals surface area contributed by atoms with Gasteiger partial charge in [-0.1, -0.05) is 24.0 Å². The molecule has 1 aliphatic heterocycles. The number of aryl methyl sites for hydroxylation is 4. The fraction of sp³-hybridized carbons (Fsp3) is 0.383. The molecule has 22 heteroatoms. The van der Waals surface area contributed by atoms with E-state index in [0.717, 1.165) is 12.8 Å². The van der Waals surface area contributed by atoms with Crippen molar-refractivity contribution in [2.45, 2.75) is 73.1 Å². The number of fused-ring (bicyclic) bond motifs is 2. The maximum absolute atomic E-state index is 13.9. The van der Waals surface area contributed by atoms with Crippen molar-refractivity contribution < 1.29 is 43.3 Å². The molecule has 362 valence electrons. The predicted molar refractivity (Wildman–Crippen MR) is 254 cm³/mol. The molecule has 0 radical (unpaired) electrons. The third kappa shape index (κ3) is 11.0. The van der Waals surface area contributed by atoms with Gasteiger partial charge in [0.15, 0.2) is 0 Å². The van der Waals surface area contributed by atoms with Crippen molar-refractivity contribution in [3.05, 3.63) is 82.5 Å². The lowest BCUT2D eigenvalue weighted by atomic mass is 9.94. The number of hydrogen-bond acceptors (Lipinski definition) is 13. The van der Waals surface area contributed by atoms with Gasteiger partial charge in [-0.2, -0.15) is 10.2 Å². The highest BCUT2D eigenvalue weighted by atomic mass is 16.6. The van der Waals surface area contributed by atoms with Crippen molar-refractivity contribution in [2.75, 3.05) is 50.7 Å². The van der Waals surface area contributed by atoms with Crippen LogP contribution in [-0.4, -0.2) is 118 Å². The Morgan fingerprint density at radius 1 is 0.768 bits per heavy atom. The maximum atomic E-state index is 13.9. The van der Waals surface area contributed by atoms with E-state index < -0.39 is 29.7 Å². The van der Waals surface area contributed by atoms with Crippen LogP contribution in [0.2, 0.25) is 0 Å². The summed E-state index contributed by atoms with van der Waals surface area (Å²) in [5.74, 6) is 5.00. The zero-order valence-electron chi connectivity index (χ0n) is 39.1. The number of carbonyl (C=O) groups excluding carboxylic acids is 5. The molecule has 2 aromatic carbocycles. The van der Waals surface area contributed by atoms with Crippen LogP contribution < -0.4 is 31.6 Å². The van der Waals surface area contributed by atoms with Crippen LogP contribution in [0.4, 0.5) is 16.7 Å². The first kappa shape index (κ1) is 48.7. The second kappa shape index (κ2) is 21.6. The summed E-state index contributed by atoms with van der Waals surface area (Å²) in [5.41, 5.74) is 15.2. The van der Waals surface area contributed by atoms with Crippen LogP contribution in [0, 0.1) is 31.6 Å². The number of nitrogens with zero attached hydrogens (tertiary/aromatic N) is 9. The topological polar surface area (TPSA) is 284 Å². The minimum atomic E-state index is -0.718. The van der Waals surface area contributed by atoms with Gasteiger partial charge in [0.2, 0.25) is 23.7 Å². The number of aliphatic hydroxyl groups is 1. The van der Waals surface area contributed by atoms with Crippen molar-refractivity contribution in [2.24, 2.45) is 17.4 Å². The summed E-state index contributed by atoms with van der Waals surface area (Å²) in [4.78, 5) is 75.8. The van der Waals surface area contributed by atoms with E-state index >= 15 is 0 Å². The Bertz CT molecular complexity index is 3010. The number of imidazole rings is 2. The van der Waals surface area contributed by atoms with E-state index in [1.54, 1.807) is 49.4 Å². The summed E-state index contributed by atoms with van der Waals surface area (Å²) in [6.45, 7) is 9.18. The Kier molecular flexibility index (Phi) is 15.3. The van der Waals surface area contributed by atoms with Crippen LogP contribution in [0.25, 0.3) is 22.1 Å². The number of allylic oxidation sites excluding steroid dienone is 2. The van der Waals surface area contributed by atoms with Gasteiger partial charge in [0.05, 0.1) is 36.1 Å². The van der Waals surface area contributed by atoms with Crippen LogP contribution in [0.15, 0.2) is 48.6 Å². The Balaban J connectivity index is 1.20. The predicted octanol–water partition coefficient (Wildman–Crippen LogP) is 4.02. The van der Waals surface area contributed by atoms with E-state index in [1.165, 1.54) is 31.4 Å². The van der Waals surface area contributed by atoms with Crippen molar-refractivity contribution in [3.8, 4) is 23.3 Å². The number of primary amides is 2. The first-order valence-corrected chi connectivity index (χ1v) is 22.4. The van der Waals surface area contributed by atoms with Gasteiger partial charge >= 0.3 is 6.09 Å². The highest BCUT2D eigenvalue weighted by molar-refractivity contribution is 6.05. The van der Waals surface area contributed by atoms with Crippen molar-refractivity contribution in [1.29, 1.82) is 0 Å². The molecule has 0 aliphatic carbocycles. The van der Waals surface area contributed by atoms with Gasteiger partial charge in [0.1, 0.15) is 47.1 Å². The number of anilines is 2. The average molecular weight is 946 g/mol. The fourth-order valence-corrected chi connectivity index (χ4v) is 8.11. The Hall–Kier alpha value is -8.19. The lowest BCUT2D eigenvalue weighted by molar-refractivity contribution is 0.0732. The molecule has 0 unspecified atom stereocenters. The van der Waals surface area contributed by atoms with Crippen molar-refractivity contribution >= 4 is 63.7 Å². The molecule has 0 bridgehead atoms. The molecule has 1 saturated heterocycles. The summed E-state index contributed by atoms with van der Waals surface area (Å²) in [6.07, 6.45) is 5.25. The number of nitrogens with two attached hydrogens (primary N) is 2. The Morgan fingerprint density at radius 3 is 1.75 bits per heavy atom. The monoisotopic (exact) mass is 945 g/mol. The molecular weight excluding hydrogens is 891 g/mol. The minimum absolute atomic E-state index is 0.0449. The van der Waals surface area contributed by atoms with Crippen LogP contribution in [-0.2, 0) is 30.9 Å². The standard InChI is InChI=1S/C47H55N13O9/c1-6-59-35(22-28(3)54-59)43(64)52-45-50-33-24-31(41(48)62)26-37(67-5)39(33)57(45)15-9-10-16-58-40-34(51-46(58)53-44(65)36-23-29(4)55-60(36)7-2)25-32(42(49)63)27-38(40)68-20-11-8-12-30-13-17-56(18-14-30)47(66)69-21-19-61/h9-10,22-27,30,61H,6-7,12-21H2,1-5H3,(H2,48,62)(H2,49,63)(H,50,52,64)(H,51,53,65)/b10-9+. The number of benzene rings is 2. The zero-order valence-corrected chi connectivity index (χ0v) is 39.1. The second-order valence-corrected chi connectivity index (χ2v) is 16.2. The van der Waals surface area contributed by atoms with Gasteiger partial charge in [-0.15, -0.1) is 0 Å². The van der Waals surface area contributed by atoms with Gasteiger partial charge in [0, 0.05) is 56.8 Å². The molecule has 4 aromatic heterocycles. The molecule has 0 saturated carbocycles. The fourth-order valence-electron chi connectivity index (χ4n) is 8.11. The van der Waals surface area contributed by atoms with Gasteiger partial charge in [-0.25, -0.2) is 14.8 Å². The first-order valence-electron chi connectivity index (χ1n) is 22.4. The summed E-state index contributed by atoms with van der Waals surface area (Å²) < 4.78 is 23.6. The normalized spacial score (nSPS) is 12.9. The number of amides is 5. The Morgan fingerprint density at radius 2 is 1.28 bits per heavy atom. The molecule has 69 heavy (non-hydrogen) atoms. The number of piperidine rings is 1. The van der Waals surface area contributed by atoms with E-state index in [0.29, 0.717) is 83.2 Å². The molecule has 5 heterocycles. The second-order valence-electron chi connectivity index (χ2n) is 16.2. The summed E-state index contributed by atoms with van der Waals surface area (Å²) >= 11 is 0. The number of methoxy groups -OCH3 is 1. The molecule has 7 N–H and O–H groups in total. The van der Waals surface area contributed by atoms with Gasteiger partial charge in [-0.3, -0.25) is 39.2 Å². The molecule has 0 spiro atoms. The van der Waals surface area contributed by atoms with Gasteiger partial charge in [0.25, 0.3) is 11.8 Å². The third-order valence-corrected chi connectivity index (χ3v) is 11.5. The van der Waals surface area contributed by atoms with Gasteiger partial charge in [-0.05, 0) is 82.9 Å². The average Bonchev–Trinajstić information content (AvgIpc) is 4.11. The van der Waals surface area contributed by atoms with E-state index in [9.17, 15) is 24.0 Å². The summed E-state index contributed by atoms with van der Waals surface area (Å²) in [6, 6.07) is 9.39. The zero-order chi connectivity index (χ0) is 49.4. The van der Waals surface area contributed by atoms with E-state index in [1.807, 2.05) is 26.0 Å². The number of likely N-dealkylation sites (tertiary alicyclic amines) is 1. The molecule has 7 rings (SSSR count). The molecule has 0 atom stereocenters. The lowest BCUT2D eigenvalue weighted by Crippen LogP contribution is -2.39. The minimum Gasteiger partial charge on any atom is -0.494 e. The third-order valence-electron chi connectivity index (χ3n) is 11.5. The van der Waals surface area contributed by atoms with Crippen LogP contribution in [0.3, 0.4) is 0 Å². The SMILES string of the molecule is CCn1nc(C)cc1C(=O)Nc1nc2cc(C(N)=O)cc(OC)c2n1C/C=C/Cn1c(NC(=O)c2cc(C)nn2CC)nc2cc(C(N)=O)cc(OCC#CCC3CCN(C(=O)OCCO)CC3)c21. The largest absolute Gasteiger partial charge is 0.494 e. The number of aliphatic hydroxyl groups excluding tert-OH is 1. The Labute approximate surface area is 396 Å². The van der Waals surface area contributed by atoms with Crippen molar-refractivity contribution in [1.82, 2.24) is 43.6 Å². The van der Waals surface area contributed by atoms with Gasteiger partial charge < -0.3 is 44.8 Å². The summed E-state index contributed by atoms with van der Waals surface area (Å²) in [5, 5.41) is 23.6. The highest BCUT2D eigenvalue weighted by Crippen LogP contribution is 2.33. The molecule has 5 amide bonds. The molecule has 1 fully saturated rings.